The van der Waals surface area contributed by atoms with E-state index < -0.39 is 17.7 Å². The topological polar surface area (TPSA) is 88.5 Å². The van der Waals surface area contributed by atoms with Crippen molar-refractivity contribution in [3.05, 3.63) is 95.1 Å². The second-order valence-electron chi connectivity index (χ2n) is 11.5. The number of aliphatic hydroxyl groups is 1. The van der Waals surface area contributed by atoms with Gasteiger partial charge in [-0.2, -0.15) is 0 Å². The number of rotatable bonds is 11. The summed E-state index contributed by atoms with van der Waals surface area (Å²) in [4.78, 5) is 31.0. The average molecular weight is 585 g/mol. The normalized spacial score (nSPS) is 18.8. The summed E-state index contributed by atoms with van der Waals surface area (Å²) in [5.41, 5.74) is 2.05. The molecule has 0 radical (unpaired) electrons. The third kappa shape index (κ3) is 7.27. The predicted molar refractivity (Wildman–Crippen MR) is 165 cm³/mol. The fraction of sp³-hybridized carbons (Fsp3) is 0.371. The van der Waals surface area contributed by atoms with E-state index >= 15 is 0 Å². The number of likely N-dealkylation sites (tertiary alicyclic amines) is 1. The predicted octanol–water partition coefficient (Wildman–Crippen LogP) is 5.97. The zero-order chi connectivity index (χ0) is 30.3. The van der Waals surface area contributed by atoms with Crippen LogP contribution >= 0.6 is 0 Å². The van der Waals surface area contributed by atoms with Crippen LogP contribution in [0.3, 0.4) is 0 Å². The molecule has 2 saturated heterocycles. The number of ketones is 1. The molecule has 8 nitrogen and oxygen atoms in total. The number of hydrogen-bond acceptors (Lipinski definition) is 7. The summed E-state index contributed by atoms with van der Waals surface area (Å²) in [5.74, 6) is 0.827. The summed E-state index contributed by atoms with van der Waals surface area (Å²) in [7, 11) is 0. The van der Waals surface area contributed by atoms with Gasteiger partial charge < -0.3 is 24.2 Å². The van der Waals surface area contributed by atoms with Gasteiger partial charge in [-0.3, -0.25) is 14.5 Å². The molecule has 2 heterocycles. The molecule has 3 aromatic rings. The molecule has 1 atom stereocenters. The minimum atomic E-state index is -0.763. The van der Waals surface area contributed by atoms with Gasteiger partial charge in [0, 0.05) is 31.7 Å². The van der Waals surface area contributed by atoms with Gasteiger partial charge >= 0.3 is 0 Å². The maximum absolute atomic E-state index is 13.6. The Morgan fingerprint density at radius 2 is 1.70 bits per heavy atom. The number of carbonyl (C=O) groups is 2. The average Bonchev–Trinajstić information content (AvgIpc) is 3.26. The highest BCUT2D eigenvalue weighted by Crippen LogP contribution is 2.41. The third-order valence-electron chi connectivity index (χ3n) is 7.69. The number of amides is 1. The fourth-order valence-corrected chi connectivity index (χ4v) is 5.49. The van der Waals surface area contributed by atoms with Gasteiger partial charge in [-0.15, -0.1) is 0 Å². The van der Waals surface area contributed by atoms with Crippen LogP contribution in [0.25, 0.3) is 5.76 Å². The summed E-state index contributed by atoms with van der Waals surface area (Å²) in [6, 6.07) is 21.4. The lowest BCUT2D eigenvalue weighted by atomic mass is 9.94. The molecule has 2 aliphatic heterocycles. The standard InChI is InChI=1S/C35H40N2O6/c1-24(2)23-42-30-14-13-27(21-25(30)3)33(38)31-32(26-9-7-12-29(22-26)43-28-10-5-4-6-11-28)37(35(40)34(31)39)16-8-15-36-17-19-41-20-18-36/h4-7,9-14,21-22,24,32,38H,8,15-20,23H2,1-3H3/b33-31+/t32-/m1/s1. The number of aliphatic hydroxyl groups excluding tert-OH is 1. The van der Waals surface area contributed by atoms with Gasteiger partial charge in [0.15, 0.2) is 0 Å². The first-order valence-electron chi connectivity index (χ1n) is 15.0. The Morgan fingerprint density at radius 3 is 2.42 bits per heavy atom. The van der Waals surface area contributed by atoms with Crippen LogP contribution in [0.4, 0.5) is 0 Å². The number of benzene rings is 3. The van der Waals surface area contributed by atoms with E-state index in [2.05, 4.69) is 18.7 Å². The fourth-order valence-electron chi connectivity index (χ4n) is 5.49. The zero-order valence-electron chi connectivity index (χ0n) is 25.1. The Morgan fingerprint density at radius 1 is 0.953 bits per heavy atom. The van der Waals surface area contributed by atoms with E-state index in [9.17, 15) is 14.7 Å². The van der Waals surface area contributed by atoms with E-state index in [1.165, 1.54) is 0 Å². The Bertz CT molecular complexity index is 1460. The maximum Gasteiger partial charge on any atom is 0.295 e. The monoisotopic (exact) mass is 584 g/mol. The van der Waals surface area contributed by atoms with E-state index in [0.717, 1.165) is 30.9 Å². The third-order valence-corrected chi connectivity index (χ3v) is 7.69. The molecule has 0 spiro atoms. The van der Waals surface area contributed by atoms with Gasteiger partial charge in [-0.05, 0) is 72.9 Å². The lowest BCUT2D eigenvalue weighted by molar-refractivity contribution is -0.140. The number of para-hydroxylation sites is 1. The van der Waals surface area contributed by atoms with Gasteiger partial charge in [-0.1, -0.05) is 44.2 Å². The van der Waals surface area contributed by atoms with Crippen molar-refractivity contribution in [1.29, 1.82) is 0 Å². The second kappa shape index (κ2) is 13.9. The van der Waals surface area contributed by atoms with Gasteiger partial charge in [0.25, 0.3) is 11.7 Å². The largest absolute Gasteiger partial charge is 0.507 e. The van der Waals surface area contributed by atoms with Gasteiger partial charge in [-0.25, -0.2) is 0 Å². The SMILES string of the molecule is Cc1cc(/C(O)=C2\C(=O)C(=O)N(CCCN3CCOCC3)[C@@H]2c2cccc(Oc3ccccc3)c2)ccc1OCC(C)C. The summed E-state index contributed by atoms with van der Waals surface area (Å²) in [5, 5.41) is 11.6. The summed E-state index contributed by atoms with van der Waals surface area (Å²) in [6.45, 7) is 10.9. The molecule has 3 aromatic carbocycles. The Labute approximate surface area is 253 Å². The minimum Gasteiger partial charge on any atom is -0.507 e. The van der Waals surface area contributed by atoms with Gasteiger partial charge in [0.1, 0.15) is 23.0 Å². The summed E-state index contributed by atoms with van der Waals surface area (Å²) in [6.07, 6.45) is 0.685. The smallest absolute Gasteiger partial charge is 0.295 e. The molecule has 226 valence electrons. The first-order valence-corrected chi connectivity index (χ1v) is 15.0. The molecular weight excluding hydrogens is 544 g/mol. The van der Waals surface area contributed by atoms with E-state index in [4.69, 9.17) is 14.2 Å². The van der Waals surface area contributed by atoms with Crippen LogP contribution in [-0.2, 0) is 14.3 Å². The van der Waals surface area contributed by atoms with Crippen molar-refractivity contribution in [2.24, 2.45) is 5.92 Å². The maximum atomic E-state index is 13.6. The molecule has 0 aromatic heterocycles. The molecule has 0 bridgehead atoms. The molecular formula is C35H40N2O6. The number of ether oxygens (including phenoxy) is 3. The highest BCUT2D eigenvalue weighted by atomic mass is 16.5. The van der Waals surface area contributed by atoms with E-state index in [1.807, 2.05) is 61.5 Å². The van der Waals surface area contributed by atoms with Crippen molar-refractivity contribution in [3.63, 3.8) is 0 Å². The number of nitrogens with zero attached hydrogens (tertiary/aromatic N) is 2. The van der Waals surface area contributed by atoms with Crippen molar-refractivity contribution in [2.75, 3.05) is 46.0 Å². The van der Waals surface area contributed by atoms with Crippen molar-refractivity contribution < 1.29 is 28.9 Å². The molecule has 8 heteroatoms. The quantitative estimate of drug-likeness (QED) is 0.169. The molecule has 2 fully saturated rings. The number of carbonyl (C=O) groups excluding carboxylic acids is 2. The molecule has 0 saturated carbocycles. The zero-order valence-corrected chi connectivity index (χ0v) is 25.1. The minimum absolute atomic E-state index is 0.0727. The van der Waals surface area contributed by atoms with Gasteiger partial charge in [0.05, 0.1) is 31.4 Å². The number of aryl methyl sites for hydroxylation is 1. The molecule has 1 N–H and O–H groups in total. The van der Waals surface area contributed by atoms with Crippen LogP contribution in [0.1, 0.15) is 43.0 Å². The van der Waals surface area contributed by atoms with Crippen LogP contribution in [0.2, 0.25) is 0 Å². The van der Waals surface area contributed by atoms with E-state index in [0.29, 0.717) is 61.3 Å². The molecule has 1 amide bonds. The van der Waals surface area contributed by atoms with E-state index in [-0.39, 0.29) is 11.3 Å². The number of Topliss-reactive ketones (excluding diaryl/α,β-unsaturated/α-hetero) is 1. The van der Waals surface area contributed by atoms with Crippen molar-refractivity contribution in [2.45, 2.75) is 33.2 Å². The summed E-state index contributed by atoms with van der Waals surface area (Å²) < 4.78 is 17.4. The number of morpholine rings is 1. The Kier molecular flexibility index (Phi) is 9.79. The van der Waals surface area contributed by atoms with Crippen LogP contribution < -0.4 is 9.47 Å². The molecule has 5 rings (SSSR count). The van der Waals surface area contributed by atoms with Crippen LogP contribution in [-0.4, -0.2) is 72.6 Å². The second-order valence-corrected chi connectivity index (χ2v) is 11.5. The van der Waals surface area contributed by atoms with Crippen LogP contribution in [0, 0.1) is 12.8 Å². The van der Waals surface area contributed by atoms with Gasteiger partial charge in [0.2, 0.25) is 0 Å². The summed E-state index contributed by atoms with van der Waals surface area (Å²) >= 11 is 0. The molecule has 43 heavy (non-hydrogen) atoms. The number of hydrogen-bond donors (Lipinski definition) is 1. The molecule has 0 aliphatic carbocycles. The van der Waals surface area contributed by atoms with Crippen LogP contribution in [0.15, 0.2) is 78.4 Å². The Balaban J connectivity index is 1.49. The van der Waals surface area contributed by atoms with Crippen molar-refractivity contribution >= 4 is 17.4 Å². The highest BCUT2D eigenvalue weighted by molar-refractivity contribution is 6.46. The molecule has 0 unspecified atom stereocenters. The van der Waals surface area contributed by atoms with Crippen molar-refractivity contribution in [3.8, 4) is 17.2 Å². The first-order chi connectivity index (χ1) is 20.8. The van der Waals surface area contributed by atoms with Crippen molar-refractivity contribution in [1.82, 2.24) is 9.80 Å². The Hall–Kier alpha value is -4.14. The van der Waals surface area contributed by atoms with E-state index in [1.54, 1.807) is 23.1 Å². The highest BCUT2D eigenvalue weighted by Gasteiger charge is 2.46. The lowest BCUT2D eigenvalue weighted by Crippen LogP contribution is -2.38. The lowest BCUT2D eigenvalue weighted by Gasteiger charge is -2.29. The first kappa shape index (κ1) is 30.3. The van der Waals surface area contributed by atoms with Crippen LogP contribution in [0.5, 0.6) is 17.2 Å². The molecule has 2 aliphatic rings.